The van der Waals surface area contributed by atoms with E-state index >= 15 is 0 Å². The van der Waals surface area contributed by atoms with Crippen LogP contribution >= 0.6 is 11.3 Å². The van der Waals surface area contributed by atoms with Gasteiger partial charge in [-0.1, -0.05) is 13.0 Å². The number of anilines is 2. The summed E-state index contributed by atoms with van der Waals surface area (Å²) < 4.78 is 5.88. The molecular formula is C24H30N4O2S. The molecule has 3 aromatic rings. The Bertz CT molecular complexity index is 998. The maximum absolute atomic E-state index is 11.5. The lowest BCUT2D eigenvalue weighted by Crippen LogP contribution is -2.46. The molecule has 1 aliphatic rings. The predicted molar refractivity (Wildman–Crippen MR) is 128 cm³/mol. The summed E-state index contributed by atoms with van der Waals surface area (Å²) in [5.74, 6) is 0.820. The molecule has 0 unspecified atom stereocenters. The molecule has 1 aromatic carbocycles. The highest BCUT2D eigenvalue weighted by Gasteiger charge is 2.19. The van der Waals surface area contributed by atoms with E-state index in [-0.39, 0.29) is 5.91 Å². The van der Waals surface area contributed by atoms with Crippen LogP contribution < -0.4 is 15.0 Å². The molecule has 0 bridgehead atoms. The molecule has 0 radical (unpaired) electrons. The zero-order valence-electron chi connectivity index (χ0n) is 18.0. The summed E-state index contributed by atoms with van der Waals surface area (Å²) in [5, 5.41) is 6.39. The molecule has 31 heavy (non-hydrogen) atoms. The molecule has 1 aliphatic heterocycles. The van der Waals surface area contributed by atoms with Gasteiger partial charge in [0.1, 0.15) is 10.6 Å². The Morgan fingerprint density at radius 1 is 1.16 bits per heavy atom. The van der Waals surface area contributed by atoms with E-state index in [1.54, 1.807) is 11.3 Å². The highest BCUT2D eigenvalue weighted by molar-refractivity contribution is 7.17. The third-order valence-corrected chi connectivity index (χ3v) is 6.51. The van der Waals surface area contributed by atoms with E-state index in [2.05, 4.69) is 31.5 Å². The van der Waals surface area contributed by atoms with Gasteiger partial charge in [-0.3, -0.25) is 9.69 Å². The number of pyridine rings is 1. The Morgan fingerprint density at radius 2 is 2.03 bits per heavy atom. The van der Waals surface area contributed by atoms with Crippen LogP contribution in [0, 0.1) is 0 Å². The molecule has 0 atom stereocenters. The first-order valence-corrected chi connectivity index (χ1v) is 11.9. The van der Waals surface area contributed by atoms with Gasteiger partial charge in [0.25, 0.3) is 0 Å². The van der Waals surface area contributed by atoms with Gasteiger partial charge in [-0.05, 0) is 43.7 Å². The number of fused-ring (bicyclic) bond motifs is 1. The summed E-state index contributed by atoms with van der Waals surface area (Å²) in [6.07, 6.45) is 4.48. The van der Waals surface area contributed by atoms with Crippen molar-refractivity contribution < 1.29 is 9.53 Å². The van der Waals surface area contributed by atoms with Crippen molar-refractivity contribution in [1.29, 1.82) is 0 Å². The standard InChI is InChI=1S/C24H30N4O2S/c1-2-23(29)26-19-7-5-8-20(17-19)30-16-4-3-11-27-12-14-28(15-13-27)22-18-31-24-21(22)9-6-10-25-24/h5-10,17-18H,2-4,11-16H2,1H3,(H,26,29). The number of hydrogen-bond donors (Lipinski definition) is 1. The first-order chi connectivity index (χ1) is 15.2. The number of amides is 1. The second-order valence-electron chi connectivity index (χ2n) is 7.79. The van der Waals surface area contributed by atoms with Gasteiger partial charge in [0, 0.05) is 61.3 Å². The summed E-state index contributed by atoms with van der Waals surface area (Å²) in [6, 6.07) is 11.8. The van der Waals surface area contributed by atoms with Crippen molar-refractivity contribution in [2.24, 2.45) is 0 Å². The van der Waals surface area contributed by atoms with Gasteiger partial charge in [0.2, 0.25) is 5.91 Å². The van der Waals surface area contributed by atoms with Crippen LogP contribution in [0.15, 0.2) is 48.0 Å². The number of thiophene rings is 1. The molecule has 4 rings (SSSR count). The summed E-state index contributed by atoms with van der Waals surface area (Å²) in [5.41, 5.74) is 2.12. The minimum absolute atomic E-state index is 0.0149. The lowest BCUT2D eigenvalue weighted by atomic mass is 10.2. The fraction of sp³-hybridized carbons (Fsp3) is 0.417. The van der Waals surface area contributed by atoms with E-state index in [9.17, 15) is 4.79 Å². The first-order valence-electron chi connectivity index (χ1n) is 11.0. The zero-order chi connectivity index (χ0) is 21.5. The number of hydrogen-bond acceptors (Lipinski definition) is 6. The predicted octanol–water partition coefficient (Wildman–Crippen LogP) is 4.63. The summed E-state index contributed by atoms with van der Waals surface area (Å²) in [7, 11) is 0. The van der Waals surface area contributed by atoms with E-state index in [0.29, 0.717) is 13.0 Å². The molecule has 0 spiro atoms. The van der Waals surface area contributed by atoms with Crippen LogP contribution in [0.3, 0.4) is 0 Å². The molecule has 0 saturated carbocycles. The third-order valence-electron chi connectivity index (χ3n) is 5.62. The smallest absolute Gasteiger partial charge is 0.224 e. The molecule has 2 aromatic heterocycles. The van der Waals surface area contributed by atoms with Crippen LogP contribution in [0.5, 0.6) is 5.75 Å². The number of piperazine rings is 1. The summed E-state index contributed by atoms with van der Waals surface area (Å²) in [6.45, 7) is 7.96. The zero-order valence-corrected chi connectivity index (χ0v) is 18.9. The molecule has 0 aliphatic carbocycles. The van der Waals surface area contributed by atoms with Crippen molar-refractivity contribution in [3.63, 3.8) is 0 Å². The van der Waals surface area contributed by atoms with E-state index in [1.165, 1.54) is 11.1 Å². The lowest BCUT2D eigenvalue weighted by molar-refractivity contribution is -0.115. The number of ether oxygens (including phenoxy) is 1. The molecule has 7 heteroatoms. The second-order valence-corrected chi connectivity index (χ2v) is 8.65. The quantitative estimate of drug-likeness (QED) is 0.494. The fourth-order valence-corrected chi connectivity index (χ4v) is 4.77. The minimum Gasteiger partial charge on any atom is -0.494 e. The minimum atomic E-state index is 0.0149. The first kappa shape index (κ1) is 21.6. The Labute approximate surface area is 187 Å². The highest BCUT2D eigenvalue weighted by atomic mass is 32.1. The highest BCUT2D eigenvalue weighted by Crippen LogP contribution is 2.32. The van der Waals surface area contributed by atoms with Gasteiger partial charge in [-0.2, -0.15) is 0 Å². The van der Waals surface area contributed by atoms with Crippen molar-refractivity contribution in [2.45, 2.75) is 26.2 Å². The Hall–Kier alpha value is -2.64. The van der Waals surface area contributed by atoms with Crippen molar-refractivity contribution in [1.82, 2.24) is 9.88 Å². The van der Waals surface area contributed by atoms with Crippen LogP contribution in [0.2, 0.25) is 0 Å². The Kier molecular flexibility index (Phi) is 7.38. The normalized spacial score (nSPS) is 14.7. The maximum Gasteiger partial charge on any atom is 0.224 e. The number of nitrogens with zero attached hydrogens (tertiary/aromatic N) is 3. The topological polar surface area (TPSA) is 57.7 Å². The van der Waals surface area contributed by atoms with E-state index < -0.39 is 0 Å². The van der Waals surface area contributed by atoms with Gasteiger partial charge in [-0.25, -0.2) is 4.98 Å². The number of carbonyl (C=O) groups excluding carboxylic acids is 1. The molecule has 6 nitrogen and oxygen atoms in total. The molecule has 1 amide bonds. The van der Waals surface area contributed by atoms with Gasteiger partial charge in [0.05, 0.1) is 12.3 Å². The largest absolute Gasteiger partial charge is 0.494 e. The number of carbonyl (C=O) groups is 1. The molecule has 1 N–H and O–H groups in total. The van der Waals surface area contributed by atoms with Crippen molar-refractivity contribution in [2.75, 3.05) is 49.5 Å². The van der Waals surface area contributed by atoms with Gasteiger partial charge in [-0.15, -0.1) is 11.3 Å². The van der Waals surface area contributed by atoms with Gasteiger partial charge < -0.3 is 15.0 Å². The molecule has 164 valence electrons. The Morgan fingerprint density at radius 3 is 2.87 bits per heavy atom. The molecule has 1 fully saturated rings. The van der Waals surface area contributed by atoms with E-state index in [4.69, 9.17) is 4.74 Å². The van der Waals surface area contributed by atoms with Gasteiger partial charge >= 0.3 is 0 Å². The molecular weight excluding hydrogens is 408 g/mol. The Balaban J connectivity index is 1.15. The number of benzene rings is 1. The van der Waals surface area contributed by atoms with Crippen molar-refractivity contribution in [3.05, 3.63) is 48.0 Å². The average Bonchev–Trinajstić information content (AvgIpc) is 3.24. The number of aromatic nitrogens is 1. The third kappa shape index (κ3) is 5.74. The van der Waals surface area contributed by atoms with Crippen molar-refractivity contribution in [3.8, 4) is 5.75 Å². The number of nitrogens with one attached hydrogen (secondary N) is 1. The van der Waals surface area contributed by atoms with E-state index in [0.717, 1.165) is 61.8 Å². The molecule has 1 saturated heterocycles. The van der Waals surface area contributed by atoms with Crippen LogP contribution in [-0.2, 0) is 4.79 Å². The summed E-state index contributed by atoms with van der Waals surface area (Å²) in [4.78, 5) is 22.1. The van der Waals surface area contributed by atoms with Crippen molar-refractivity contribution >= 4 is 38.8 Å². The molecule has 3 heterocycles. The fourth-order valence-electron chi connectivity index (χ4n) is 3.85. The monoisotopic (exact) mass is 438 g/mol. The van der Waals surface area contributed by atoms with Crippen LogP contribution in [-0.4, -0.2) is 55.1 Å². The SMILES string of the molecule is CCC(=O)Nc1cccc(OCCCCN2CCN(c3csc4ncccc34)CC2)c1. The van der Waals surface area contributed by atoms with Crippen LogP contribution in [0.25, 0.3) is 10.2 Å². The lowest BCUT2D eigenvalue weighted by Gasteiger charge is -2.35. The number of rotatable bonds is 9. The van der Waals surface area contributed by atoms with E-state index in [1.807, 2.05) is 43.5 Å². The van der Waals surface area contributed by atoms with Crippen LogP contribution in [0.1, 0.15) is 26.2 Å². The van der Waals surface area contributed by atoms with Gasteiger partial charge in [0.15, 0.2) is 0 Å². The summed E-state index contributed by atoms with van der Waals surface area (Å²) >= 11 is 1.73. The maximum atomic E-state index is 11.5. The second kappa shape index (κ2) is 10.6. The number of unbranched alkanes of at least 4 members (excludes halogenated alkanes) is 1. The van der Waals surface area contributed by atoms with Crippen LogP contribution in [0.4, 0.5) is 11.4 Å². The average molecular weight is 439 g/mol.